The molecule has 1 saturated heterocycles. The lowest BCUT2D eigenvalue weighted by Crippen LogP contribution is -2.38. The van der Waals surface area contributed by atoms with Gasteiger partial charge in [-0.15, -0.1) is 11.8 Å². The van der Waals surface area contributed by atoms with E-state index in [4.69, 9.17) is 0 Å². The Morgan fingerprint density at radius 3 is 2.65 bits per heavy atom. The first kappa shape index (κ1) is 13.0. The molecule has 1 aromatic carbocycles. The summed E-state index contributed by atoms with van der Waals surface area (Å²) in [6.45, 7) is 4.73. The first-order valence-corrected chi connectivity index (χ1v) is 7.93. The van der Waals surface area contributed by atoms with Gasteiger partial charge >= 0.3 is 0 Å². The van der Waals surface area contributed by atoms with Gasteiger partial charge in [0.15, 0.2) is 0 Å². The van der Waals surface area contributed by atoms with Crippen molar-refractivity contribution in [3.63, 3.8) is 0 Å². The predicted molar refractivity (Wildman–Crippen MR) is 76.6 cm³/mol. The smallest absolute Gasteiger partial charge is 0.0236 e. The van der Waals surface area contributed by atoms with Gasteiger partial charge in [-0.2, -0.15) is 0 Å². The molecule has 1 heterocycles. The number of nitrogens with zero attached hydrogens (tertiary/aromatic N) is 1. The molecule has 0 amide bonds. The molecule has 1 unspecified atom stereocenters. The Bertz CT molecular complexity index is 333. The van der Waals surface area contributed by atoms with E-state index in [-0.39, 0.29) is 0 Å². The van der Waals surface area contributed by atoms with Crippen molar-refractivity contribution in [3.05, 3.63) is 29.8 Å². The largest absolute Gasteiger partial charge is 0.296 e. The molecule has 1 aliphatic heterocycles. The first-order valence-electron chi connectivity index (χ1n) is 6.70. The van der Waals surface area contributed by atoms with Gasteiger partial charge in [-0.3, -0.25) is 4.90 Å². The van der Waals surface area contributed by atoms with Crippen LogP contribution in [0.2, 0.25) is 0 Å². The summed E-state index contributed by atoms with van der Waals surface area (Å²) in [6, 6.07) is 9.86. The van der Waals surface area contributed by atoms with Gasteiger partial charge in [-0.1, -0.05) is 25.5 Å². The van der Waals surface area contributed by atoms with E-state index in [0.29, 0.717) is 0 Å². The lowest BCUT2D eigenvalue weighted by molar-refractivity contribution is 0.136. The van der Waals surface area contributed by atoms with E-state index in [1.807, 2.05) is 11.8 Å². The fraction of sp³-hybridized carbons (Fsp3) is 0.600. The third-order valence-corrected chi connectivity index (χ3v) is 4.51. The highest BCUT2D eigenvalue weighted by Gasteiger charge is 2.20. The molecule has 1 nitrogen and oxygen atoms in total. The van der Waals surface area contributed by atoms with Crippen LogP contribution in [0.4, 0.5) is 0 Å². The maximum absolute atomic E-state index is 2.66. The predicted octanol–water partition coefficient (Wildman–Crippen LogP) is 4.17. The number of rotatable bonds is 4. The highest BCUT2D eigenvalue weighted by atomic mass is 32.2. The minimum Gasteiger partial charge on any atom is -0.296 e. The third kappa shape index (κ3) is 3.49. The van der Waals surface area contributed by atoms with Crippen LogP contribution in [-0.2, 0) is 6.54 Å². The second-order valence-electron chi connectivity index (χ2n) is 4.88. The van der Waals surface area contributed by atoms with Crippen molar-refractivity contribution >= 4 is 11.8 Å². The Hall–Kier alpha value is -0.470. The number of benzene rings is 1. The lowest BCUT2D eigenvalue weighted by atomic mass is 9.99. The highest BCUT2D eigenvalue weighted by Crippen LogP contribution is 2.22. The second kappa shape index (κ2) is 6.46. The van der Waals surface area contributed by atoms with E-state index in [1.165, 1.54) is 42.7 Å². The first-order chi connectivity index (χ1) is 8.33. The van der Waals surface area contributed by atoms with Crippen molar-refractivity contribution in [2.24, 2.45) is 0 Å². The molecule has 1 aliphatic rings. The zero-order chi connectivity index (χ0) is 12.1. The molecular weight excluding hydrogens is 226 g/mol. The quantitative estimate of drug-likeness (QED) is 0.737. The maximum atomic E-state index is 2.66. The zero-order valence-electron chi connectivity index (χ0n) is 11.0. The standard InChI is InChI=1S/C15H23NS/c1-3-14-6-4-5-11-16(14)12-13-7-9-15(17-2)10-8-13/h7-10,14H,3-6,11-12H2,1-2H3. The molecule has 0 saturated carbocycles. The number of hydrogen-bond donors (Lipinski definition) is 0. The van der Waals surface area contributed by atoms with Crippen LogP contribution in [0.25, 0.3) is 0 Å². The van der Waals surface area contributed by atoms with E-state index < -0.39 is 0 Å². The molecule has 0 bridgehead atoms. The van der Waals surface area contributed by atoms with Gasteiger partial charge in [0, 0.05) is 17.5 Å². The average Bonchev–Trinajstić information content (AvgIpc) is 2.40. The van der Waals surface area contributed by atoms with E-state index in [9.17, 15) is 0 Å². The Morgan fingerprint density at radius 2 is 2.00 bits per heavy atom. The van der Waals surface area contributed by atoms with Crippen LogP contribution in [0.3, 0.4) is 0 Å². The molecule has 0 aromatic heterocycles. The van der Waals surface area contributed by atoms with Gasteiger partial charge in [0.2, 0.25) is 0 Å². The van der Waals surface area contributed by atoms with E-state index in [1.54, 1.807) is 0 Å². The molecule has 2 heteroatoms. The third-order valence-electron chi connectivity index (χ3n) is 3.77. The van der Waals surface area contributed by atoms with Crippen LogP contribution in [-0.4, -0.2) is 23.7 Å². The van der Waals surface area contributed by atoms with Crippen molar-refractivity contribution in [1.82, 2.24) is 4.90 Å². The van der Waals surface area contributed by atoms with Crippen LogP contribution in [0.1, 0.15) is 38.2 Å². The Morgan fingerprint density at radius 1 is 1.24 bits per heavy atom. The molecule has 0 spiro atoms. The monoisotopic (exact) mass is 249 g/mol. The number of likely N-dealkylation sites (tertiary alicyclic amines) is 1. The minimum atomic E-state index is 0.809. The summed E-state index contributed by atoms with van der Waals surface area (Å²) in [4.78, 5) is 4.02. The van der Waals surface area contributed by atoms with Gasteiger partial charge in [0.05, 0.1) is 0 Å². The minimum absolute atomic E-state index is 0.809. The molecular formula is C15H23NS. The Labute approximate surface area is 110 Å². The van der Waals surface area contributed by atoms with Crippen molar-refractivity contribution < 1.29 is 0 Å². The molecule has 1 fully saturated rings. The van der Waals surface area contributed by atoms with Crippen LogP contribution >= 0.6 is 11.8 Å². The van der Waals surface area contributed by atoms with Crippen LogP contribution in [0.5, 0.6) is 0 Å². The van der Waals surface area contributed by atoms with Gasteiger partial charge in [-0.25, -0.2) is 0 Å². The normalized spacial score (nSPS) is 21.6. The summed E-state index contributed by atoms with van der Waals surface area (Å²) < 4.78 is 0. The van der Waals surface area contributed by atoms with Gasteiger partial charge in [0.1, 0.15) is 0 Å². The fourth-order valence-corrected chi connectivity index (χ4v) is 3.10. The average molecular weight is 249 g/mol. The van der Waals surface area contributed by atoms with Crippen LogP contribution in [0, 0.1) is 0 Å². The SMILES string of the molecule is CCC1CCCCN1Cc1ccc(SC)cc1. The van der Waals surface area contributed by atoms with E-state index in [0.717, 1.165) is 12.6 Å². The van der Waals surface area contributed by atoms with Crippen molar-refractivity contribution in [3.8, 4) is 0 Å². The van der Waals surface area contributed by atoms with Crippen LogP contribution < -0.4 is 0 Å². The molecule has 0 radical (unpaired) electrons. The Kier molecular flexibility index (Phi) is 4.93. The van der Waals surface area contributed by atoms with E-state index in [2.05, 4.69) is 42.3 Å². The molecule has 0 N–H and O–H groups in total. The van der Waals surface area contributed by atoms with Gasteiger partial charge < -0.3 is 0 Å². The van der Waals surface area contributed by atoms with Gasteiger partial charge in [-0.05, 0) is 49.8 Å². The highest BCUT2D eigenvalue weighted by molar-refractivity contribution is 7.98. The van der Waals surface area contributed by atoms with Crippen molar-refractivity contribution in [2.45, 2.75) is 50.1 Å². The number of piperidine rings is 1. The molecule has 0 aliphatic carbocycles. The Balaban J connectivity index is 1.98. The molecule has 1 atom stereocenters. The zero-order valence-corrected chi connectivity index (χ0v) is 11.8. The van der Waals surface area contributed by atoms with Crippen LogP contribution in [0.15, 0.2) is 29.2 Å². The van der Waals surface area contributed by atoms with E-state index >= 15 is 0 Å². The summed E-state index contributed by atoms with van der Waals surface area (Å²) in [6.07, 6.45) is 7.61. The summed E-state index contributed by atoms with van der Waals surface area (Å²) in [7, 11) is 0. The number of thioether (sulfide) groups is 1. The summed E-state index contributed by atoms with van der Waals surface area (Å²) in [5, 5.41) is 0. The molecule has 1 aromatic rings. The fourth-order valence-electron chi connectivity index (χ4n) is 2.70. The van der Waals surface area contributed by atoms with Gasteiger partial charge in [0.25, 0.3) is 0 Å². The molecule has 2 rings (SSSR count). The topological polar surface area (TPSA) is 3.24 Å². The summed E-state index contributed by atoms with van der Waals surface area (Å²) >= 11 is 1.82. The summed E-state index contributed by atoms with van der Waals surface area (Å²) in [5.41, 5.74) is 1.46. The van der Waals surface area contributed by atoms with Crippen molar-refractivity contribution in [1.29, 1.82) is 0 Å². The summed E-state index contributed by atoms with van der Waals surface area (Å²) in [5.74, 6) is 0. The second-order valence-corrected chi connectivity index (χ2v) is 5.76. The molecule has 17 heavy (non-hydrogen) atoms. The number of hydrogen-bond acceptors (Lipinski definition) is 2. The lowest BCUT2D eigenvalue weighted by Gasteiger charge is -2.35. The molecule has 94 valence electrons. The van der Waals surface area contributed by atoms with Crippen molar-refractivity contribution in [2.75, 3.05) is 12.8 Å². The maximum Gasteiger partial charge on any atom is 0.0236 e.